The van der Waals surface area contributed by atoms with Crippen molar-refractivity contribution >= 4 is 45.8 Å². The summed E-state index contributed by atoms with van der Waals surface area (Å²) < 4.78 is 7.09. The van der Waals surface area contributed by atoms with Gasteiger partial charge in [0.2, 0.25) is 0 Å². The number of nitrogens with one attached hydrogen (secondary N) is 1. The number of carbonyl (C=O) groups excluding carboxylic acids is 1. The number of fused-ring (bicyclic) bond motifs is 1. The van der Waals surface area contributed by atoms with Gasteiger partial charge in [0.1, 0.15) is 5.65 Å². The van der Waals surface area contributed by atoms with E-state index in [1.54, 1.807) is 31.4 Å². The van der Waals surface area contributed by atoms with Gasteiger partial charge in [-0.25, -0.2) is 4.98 Å². The summed E-state index contributed by atoms with van der Waals surface area (Å²) in [4.78, 5) is 17.0. The van der Waals surface area contributed by atoms with Crippen molar-refractivity contribution in [3.63, 3.8) is 0 Å². The van der Waals surface area contributed by atoms with Crippen LogP contribution in [0.25, 0.3) is 11.0 Å². The number of pyridine rings is 1. The van der Waals surface area contributed by atoms with Crippen LogP contribution in [0.15, 0.2) is 36.7 Å². The number of halogens is 2. The highest BCUT2D eigenvalue weighted by atomic mass is 35.5. The van der Waals surface area contributed by atoms with E-state index >= 15 is 0 Å². The molecule has 0 aliphatic carbocycles. The lowest BCUT2D eigenvalue weighted by Crippen LogP contribution is -2.13. The first-order valence-electron chi connectivity index (χ1n) is 7.71. The molecule has 0 spiro atoms. The number of hydrogen-bond donors (Lipinski definition) is 1. The second-order valence-corrected chi connectivity index (χ2v) is 6.46. The Morgan fingerprint density at radius 1 is 1.28 bits per heavy atom. The first kappa shape index (κ1) is 17.7. The van der Waals surface area contributed by atoms with Crippen LogP contribution in [0.4, 0.5) is 5.69 Å². The quantitative estimate of drug-likeness (QED) is 0.709. The minimum atomic E-state index is -0.314. The van der Waals surface area contributed by atoms with E-state index in [4.69, 9.17) is 27.9 Å². The maximum absolute atomic E-state index is 12.6. The average molecular weight is 378 g/mol. The number of benzene rings is 1. The minimum absolute atomic E-state index is 0.314. The summed E-state index contributed by atoms with van der Waals surface area (Å²) in [5.41, 5.74) is 2.67. The number of nitrogens with zero attached hydrogens (tertiary/aromatic N) is 2. The molecule has 0 atom stereocenters. The SMILES string of the molecule is COCCn1cc(C)c2c(Cl)c(C(=O)Nc3ccc(Cl)cc3)cnc21. The van der Waals surface area contributed by atoms with Crippen molar-refractivity contribution in [2.75, 3.05) is 19.0 Å². The third-order valence-electron chi connectivity index (χ3n) is 3.89. The molecule has 1 amide bonds. The predicted octanol–water partition coefficient (Wildman–Crippen LogP) is 4.55. The number of aryl methyl sites for hydroxylation is 1. The maximum Gasteiger partial charge on any atom is 0.258 e. The molecule has 1 aromatic carbocycles. The first-order chi connectivity index (χ1) is 12.0. The lowest BCUT2D eigenvalue weighted by atomic mass is 10.1. The molecule has 3 aromatic rings. The van der Waals surface area contributed by atoms with E-state index in [9.17, 15) is 4.79 Å². The van der Waals surface area contributed by atoms with Gasteiger partial charge in [-0.3, -0.25) is 4.79 Å². The molecule has 0 radical (unpaired) electrons. The van der Waals surface area contributed by atoms with E-state index in [0.717, 1.165) is 16.6 Å². The average Bonchev–Trinajstić information content (AvgIpc) is 2.92. The Morgan fingerprint density at radius 3 is 2.68 bits per heavy atom. The monoisotopic (exact) mass is 377 g/mol. The zero-order valence-electron chi connectivity index (χ0n) is 13.8. The topological polar surface area (TPSA) is 56.1 Å². The molecule has 0 saturated carbocycles. The van der Waals surface area contributed by atoms with Crippen LogP contribution in [0, 0.1) is 6.92 Å². The highest BCUT2D eigenvalue weighted by Crippen LogP contribution is 2.30. The standard InChI is InChI=1S/C18H17Cl2N3O2/c1-11-10-23(7-8-25-2)17-15(11)16(20)14(9-21-17)18(24)22-13-5-3-12(19)4-6-13/h3-6,9-10H,7-8H2,1-2H3,(H,22,24). The van der Waals surface area contributed by atoms with E-state index in [2.05, 4.69) is 10.3 Å². The summed E-state index contributed by atoms with van der Waals surface area (Å²) in [7, 11) is 1.65. The summed E-state index contributed by atoms with van der Waals surface area (Å²) in [6.45, 7) is 3.18. The van der Waals surface area contributed by atoms with E-state index < -0.39 is 0 Å². The van der Waals surface area contributed by atoms with Gasteiger partial charge in [-0.05, 0) is 36.8 Å². The van der Waals surface area contributed by atoms with E-state index in [0.29, 0.717) is 34.4 Å². The van der Waals surface area contributed by atoms with Gasteiger partial charge in [-0.15, -0.1) is 0 Å². The molecule has 0 bridgehead atoms. The fraction of sp³-hybridized carbons (Fsp3) is 0.222. The van der Waals surface area contributed by atoms with Crippen molar-refractivity contribution in [1.29, 1.82) is 0 Å². The van der Waals surface area contributed by atoms with Gasteiger partial charge >= 0.3 is 0 Å². The summed E-state index contributed by atoms with van der Waals surface area (Å²) in [5, 5.41) is 4.58. The van der Waals surface area contributed by atoms with Gasteiger partial charge < -0.3 is 14.6 Å². The number of amides is 1. The molecule has 7 heteroatoms. The number of ether oxygens (including phenoxy) is 1. The number of methoxy groups -OCH3 is 1. The van der Waals surface area contributed by atoms with E-state index in [-0.39, 0.29) is 5.91 Å². The highest BCUT2D eigenvalue weighted by Gasteiger charge is 2.18. The van der Waals surface area contributed by atoms with Gasteiger partial charge in [0, 0.05) is 42.1 Å². The molecule has 5 nitrogen and oxygen atoms in total. The van der Waals surface area contributed by atoms with Gasteiger partial charge in [-0.2, -0.15) is 0 Å². The Morgan fingerprint density at radius 2 is 2.00 bits per heavy atom. The Balaban J connectivity index is 1.94. The van der Waals surface area contributed by atoms with Crippen molar-refractivity contribution in [3.8, 4) is 0 Å². The van der Waals surface area contributed by atoms with Crippen molar-refractivity contribution in [1.82, 2.24) is 9.55 Å². The molecule has 0 fully saturated rings. The Bertz CT molecular complexity index is 920. The zero-order chi connectivity index (χ0) is 18.0. The molecular weight excluding hydrogens is 361 g/mol. The fourth-order valence-corrected chi connectivity index (χ4v) is 3.15. The molecule has 0 aliphatic rings. The summed E-state index contributed by atoms with van der Waals surface area (Å²) in [5.74, 6) is -0.314. The predicted molar refractivity (Wildman–Crippen MR) is 101 cm³/mol. The van der Waals surface area contributed by atoms with Crippen LogP contribution in [0.2, 0.25) is 10.0 Å². The summed E-state index contributed by atoms with van der Waals surface area (Å²) in [6.07, 6.45) is 3.46. The number of rotatable bonds is 5. The van der Waals surface area contributed by atoms with Crippen LogP contribution in [-0.4, -0.2) is 29.2 Å². The van der Waals surface area contributed by atoms with Crippen LogP contribution in [-0.2, 0) is 11.3 Å². The Labute approximate surface area is 155 Å². The Hall–Kier alpha value is -2.08. The van der Waals surface area contributed by atoms with Crippen LogP contribution in [0.3, 0.4) is 0 Å². The zero-order valence-corrected chi connectivity index (χ0v) is 15.4. The number of carbonyl (C=O) groups is 1. The molecule has 0 unspecified atom stereocenters. The number of aromatic nitrogens is 2. The van der Waals surface area contributed by atoms with Gasteiger partial charge in [0.15, 0.2) is 0 Å². The highest BCUT2D eigenvalue weighted by molar-refractivity contribution is 6.39. The molecule has 2 aromatic heterocycles. The van der Waals surface area contributed by atoms with Gasteiger partial charge in [-0.1, -0.05) is 23.2 Å². The molecule has 130 valence electrons. The molecule has 0 aliphatic heterocycles. The lowest BCUT2D eigenvalue weighted by molar-refractivity contribution is 0.102. The lowest BCUT2D eigenvalue weighted by Gasteiger charge is -2.09. The van der Waals surface area contributed by atoms with Crippen LogP contribution >= 0.6 is 23.2 Å². The molecule has 25 heavy (non-hydrogen) atoms. The largest absolute Gasteiger partial charge is 0.383 e. The third-order valence-corrected chi connectivity index (χ3v) is 4.54. The second-order valence-electron chi connectivity index (χ2n) is 5.64. The minimum Gasteiger partial charge on any atom is -0.383 e. The number of anilines is 1. The fourth-order valence-electron chi connectivity index (χ4n) is 2.66. The van der Waals surface area contributed by atoms with Crippen LogP contribution < -0.4 is 5.32 Å². The van der Waals surface area contributed by atoms with Crippen molar-refractivity contribution in [2.24, 2.45) is 0 Å². The number of hydrogen-bond acceptors (Lipinski definition) is 3. The smallest absolute Gasteiger partial charge is 0.258 e. The normalized spacial score (nSPS) is 11.0. The molecule has 1 N–H and O–H groups in total. The molecule has 3 rings (SSSR count). The van der Waals surface area contributed by atoms with Crippen molar-refractivity contribution in [2.45, 2.75) is 13.5 Å². The second kappa shape index (κ2) is 7.44. The molecular formula is C18H17Cl2N3O2. The van der Waals surface area contributed by atoms with Crippen molar-refractivity contribution < 1.29 is 9.53 Å². The summed E-state index contributed by atoms with van der Waals surface area (Å²) >= 11 is 12.4. The Kier molecular flexibility index (Phi) is 5.27. The van der Waals surface area contributed by atoms with Gasteiger partial charge in [0.05, 0.1) is 17.2 Å². The van der Waals surface area contributed by atoms with Crippen LogP contribution in [0.1, 0.15) is 15.9 Å². The van der Waals surface area contributed by atoms with E-state index in [1.807, 2.05) is 17.7 Å². The maximum atomic E-state index is 12.6. The van der Waals surface area contributed by atoms with E-state index in [1.165, 1.54) is 6.20 Å². The summed E-state index contributed by atoms with van der Waals surface area (Å²) in [6, 6.07) is 6.87. The van der Waals surface area contributed by atoms with Gasteiger partial charge in [0.25, 0.3) is 5.91 Å². The third kappa shape index (κ3) is 3.63. The first-order valence-corrected chi connectivity index (χ1v) is 8.46. The van der Waals surface area contributed by atoms with Crippen molar-refractivity contribution in [3.05, 3.63) is 57.8 Å². The molecule has 2 heterocycles. The van der Waals surface area contributed by atoms with Crippen LogP contribution in [0.5, 0.6) is 0 Å². The molecule has 0 saturated heterocycles.